The van der Waals surface area contributed by atoms with E-state index in [9.17, 15) is 4.79 Å². The lowest BCUT2D eigenvalue weighted by Gasteiger charge is -2.34. The lowest BCUT2D eigenvalue weighted by atomic mass is 9.89. The summed E-state index contributed by atoms with van der Waals surface area (Å²) in [5, 5.41) is 0. The number of nitrogens with zero attached hydrogens (tertiary/aromatic N) is 4. The molecule has 0 aliphatic carbocycles. The second kappa shape index (κ2) is 9.94. The lowest BCUT2D eigenvalue weighted by Crippen LogP contribution is -2.46. The van der Waals surface area contributed by atoms with Gasteiger partial charge in [0.2, 0.25) is 0 Å². The van der Waals surface area contributed by atoms with Gasteiger partial charge in [0.1, 0.15) is 11.6 Å². The Bertz CT molecular complexity index is 815. The summed E-state index contributed by atoms with van der Waals surface area (Å²) in [5.74, 6) is 2.28. The monoisotopic (exact) mass is 408 g/mol. The smallest absolute Gasteiger partial charge is 0.325 e. The number of hydrogen-bond donors (Lipinski definition) is 0. The molecule has 1 aromatic carbocycles. The number of likely N-dealkylation sites (tertiary alicyclic amines) is 2. The molecule has 2 saturated heterocycles. The third kappa shape index (κ3) is 4.75. The number of carbonyl (C=O) groups excluding carboxylic acids is 1. The number of ether oxygens (including phenoxy) is 1. The number of para-hydroxylation sites is 1. The van der Waals surface area contributed by atoms with Crippen LogP contribution in [0.4, 0.5) is 10.6 Å². The summed E-state index contributed by atoms with van der Waals surface area (Å²) in [6.45, 7) is 5.33. The standard InChI is InChI=1S/C24H32N4O2/c1-30-22-9-3-2-8-21(22)20-11-16-26(17-12-20)18-19-28(23-10-4-5-13-25-23)24(29)27-14-6-7-15-27/h2-5,8-10,13,20H,6-7,11-12,14-19H2,1H3. The molecule has 1 aromatic heterocycles. The van der Waals surface area contributed by atoms with Crippen LogP contribution in [0.15, 0.2) is 48.7 Å². The fourth-order valence-electron chi connectivity index (χ4n) is 4.61. The number of benzene rings is 1. The Balaban J connectivity index is 1.36. The van der Waals surface area contributed by atoms with Crippen molar-refractivity contribution in [3.8, 4) is 5.75 Å². The minimum atomic E-state index is 0.0927. The van der Waals surface area contributed by atoms with Crippen LogP contribution in [0, 0.1) is 0 Å². The van der Waals surface area contributed by atoms with Crippen molar-refractivity contribution in [3.05, 3.63) is 54.2 Å². The quantitative estimate of drug-likeness (QED) is 0.725. The molecule has 2 aliphatic rings. The maximum absolute atomic E-state index is 13.1. The summed E-state index contributed by atoms with van der Waals surface area (Å²) >= 11 is 0. The number of methoxy groups -OCH3 is 1. The Kier molecular flexibility index (Phi) is 6.84. The second-order valence-corrected chi connectivity index (χ2v) is 8.17. The van der Waals surface area contributed by atoms with Crippen LogP contribution in [0.1, 0.15) is 37.2 Å². The molecule has 0 N–H and O–H groups in total. The van der Waals surface area contributed by atoms with Gasteiger partial charge in [-0.25, -0.2) is 9.78 Å². The zero-order valence-corrected chi connectivity index (χ0v) is 17.9. The van der Waals surface area contributed by atoms with Crippen LogP contribution in [0.2, 0.25) is 0 Å². The van der Waals surface area contributed by atoms with Gasteiger partial charge in [-0.3, -0.25) is 4.90 Å². The van der Waals surface area contributed by atoms with E-state index in [0.29, 0.717) is 12.5 Å². The number of piperidine rings is 1. The van der Waals surface area contributed by atoms with Gasteiger partial charge >= 0.3 is 6.03 Å². The molecule has 2 amide bonds. The highest BCUT2D eigenvalue weighted by Crippen LogP contribution is 2.34. The van der Waals surface area contributed by atoms with E-state index >= 15 is 0 Å². The van der Waals surface area contributed by atoms with Crippen molar-refractivity contribution < 1.29 is 9.53 Å². The van der Waals surface area contributed by atoms with Gasteiger partial charge in [-0.15, -0.1) is 0 Å². The van der Waals surface area contributed by atoms with Gasteiger partial charge in [-0.05, 0) is 68.5 Å². The topological polar surface area (TPSA) is 48.9 Å². The van der Waals surface area contributed by atoms with Crippen molar-refractivity contribution in [1.82, 2.24) is 14.8 Å². The minimum Gasteiger partial charge on any atom is -0.496 e. The van der Waals surface area contributed by atoms with Crippen molar-refractivity contribution >= 4 is 11.8 Å². The number of carbonyl (C=O) groups is 1. The Hall–Kier alpha value is -2.60. The maximum Gasteiger partial charge on any atom is 0.325 e. The van der Waals surface area contributed by atoms with E-state index in [1.807, 2.05) is 34.1 Å². The molecule has 3 heterocycles. The Morgan fingerprint density at radius 3 is 2.50 bits per heavy atom. The molecule has 2 aliphatic heterocycles. The van der Waals surface area contributed by atoms with Crippen LogP contribution in [-0.4, -0.2) is 67.2 Å². The predicted molar refractivity (Wildman–Crippen MR) is 119 cm³/mol. The zero-order chi connectivity index (χ0) is 20.8. The highest BCUT2D eigenvalue weighted by Gasteiger charge is 2.27. The lowest BCUT2D eigenvalue weighted by molar-refractivity contribution is 0.202. The average Bonchev–Trinajstić information content (AvgIpc) is 3.35. The first kappa shape index (κ1) is 20.7. The van der Waals surface area contributed by atoms with Crippen LogP contribution in [0.5, 0.6) is 5.75 Å². The fraction of sp³-hybridized carbons (Fsp3) is 0.500. The van der Waals surface area contributed by atoms with Crippen molar-refractivity contribution in [1.29, 1.82) is 0 Å². The van der Waals surface area contributed by atoms with Crippen LogP contribution in [-0.2, 0) is 0 Å². The SMILES string of the molecule is COc1ccccc1C1CCN(CCN(C(=O)N2CCCC2)c2ccccn2)CC1. The average molecular weight is 409 g/mol. The molecule has 4 rings (SSSR count). The van der Waals surface area contributed by atoms with Crippen molar-refractivity contribution in [3.63, 3.8) is 0 Å². The summed E-state index contributed by atoms with van der Waals surface area (Å²) in [5.41, 5.74) is 1.32. The van der Waals surface area contributed by atoms with Gasteiger partial charge in [0, 0.05) is 32.4 Å². The number of pyridine rings is 1. The van der Waals surface area contributed by atoms with Crippen LogP contribution in [0.25, 0.3) is 0 Å². The maximum atomic E-state index is 13.1. The van der Waals surface area contributed by atoms with E-state index in [1.54, 1.807) is 13.3 Å². The molecular formula is C24H32N4O2. The van der Waals surface area contributed by atoms with E-state index in [1.165, 1.54) is 5.56 Å². The molecule has 0 saturated carbocycles. The van der Waals surface area contributed by atoms with Crippen LogP contribution < -0.4 is 9.64 Å². The normalized spacial score (nSPS) is 17.8. The third-order valence-electron chi connectivity index (χ3n) is 6.34. The number of urea groups is 1. The summed E-state index contributed by atoms with van der Waals surface area (Å²) in [6.07, 6.45) is 6.18. The highest BCUT2D eigenvalue weighted by molar-refractivity contribution is 5.91. The Labute approximate surface area is 179 Å². The summed E-state index contributed by atoms with van der Waals surface area (Å²) in [7, 11) is 1.75. The van der Waals surface area contributed by atoms with E-state index < -0.39 is 0 Å². The van der Waals surface area contributed by atoms with E-state index in [4.69, 9.17) is 4.74 Å². The minimum absolute atomic E-state index is 0.0927. The number of aromatic nitrogens is 1. The first-order chi connectivity index (χ1) is 14.8. The highest BCUT2D eigenvalue weighted by atomic mass is 16.5. The molecular weight excluding hydrogens is 376 g/mol. The van der Waals surface area contributed by atoms with Gasteiger partial charge in [0.15, 0.2) is 0 Å². The summed E-state index contributed by atoms with van der Waals surface area (Å²) in [6, 6.07) is 14.2. The Morgan fingerprint density at radius 2 is 1.80 bits per heavy atom. The number of hydrogen-bond acceptors (Lipinski definition) is 4. The summed E-state index contributed by atoms with van der Waals surface area (Å²) in [4.78, 5) is 23.8. The van der Waals surface area contributed by atoms with Gasteiger partial charge in [-0.1, -0.05) is 24.3 Å². The van der Waals surface area contributed by atoms with Gasteiger partial charge < -0.3 is 14.5 Å². The first-order valence-electron chi connectivity index (χ1n) is 11.1. The molecule has 0 unspecified atom stereocenters. The van der Waals surface area contributed by atoms with Crippen molar-refractivity contribution in [2.24, 2.45) is 0 Å². The van der Waals surface area contributed by atoms with Crippen LogP contribution >= 0.6 is 0 Å². The molecule has 0 spiro atoms. The number of anilines is 1. The molecule has 30 heavy (non-hydrogen) atoms. The first-order valence-corrected chi connectivity index (χ1v) is 11.1. The molecule has 2 fully saturated rings. The predicted octanol–water partition coefficient (Wildman–Crippen LogP) is 3.99. The van der Waals surface area contributed by atoms with E-state index in [0.717, 1.165) is 70.0 Å². The number of rotatable bonds is 6. The van der Waals surface area contributed by atoms with Crippen LogP contribution in [0.3, 0.4) is 0 Å². The summed E-state index contributed by atoms with van der Waals surface area (Å²) < 4.78 is 5.56. The number of amides is 2. The molecule has 6 heteroatoms. The van der Waals surface area contributed by atoms with Gasteiger partial charge in [0.25, 0.3) is 0 Å². The van der Waals surface area contributed by atoms with Gasteiger partial charge in [0.05, 0.1) is 7.11 Å². The molecule has 160 valence electrons. The third-order valence-corrected chi connectivity index (χ3v) is 6.34. The molecule has 0 atom stereocenters. The zero-order valence-electron chi connectivity index (χ0n) is 17.9. The molecule has 6 nitrogen and oxygen atoms in total. The van der Waals surface area contributed by atoms with E-state index in [2.05, 4.69) is 28.1 Å². The molecule has 0 radical (unpaired) electrons. The van der Waals surface area contributed by atoms with E-state index in [-0.39, 0.29) is 6.03 Å². The Morgan fingerprint density at radius 1 is 1.07 bits per heavy atom. The second-order valence-electron chi connectivity index (χ2n) is 8.17. The van der Waals surface area contributed by atoms with Crippen molar-refractivity contribution in [2.75, 3.05) is 51.3 Å². The largest absolute Gasteiger partial charge is 0.496 e. The fourth-order valence-corrected chi connectivity index (χ4v) is 4.61. The molecule has 2 aromatic rings. The van der Waals surface area contributed by atoms with Crippen molar-refractivity contribution in [2.45, 2.75) is 31.6 Å². The van der Waals surface area contributed by atoms with Gasteiger partial charge in [-0.2, -0.15) is 0 Å². The molecule has 0 bridgehead atoms.